The van der Waals surface area contributed by atoms with Crippen LogP contribution in [0.1, 0.15) is 40.0 Å². The Hall–Kier alpha value is -2.93. The standard InChI is InChI=1S/C23H28N4O3/c1-24-20-7-3-2-6-19(20)22(30)26-11-8-23(9-12-26)13-18(28)15-27(16-23)21(29)17-5-4-10-25-14-17/h2-7,10,14,18,24,28H,8-9,11-13,15-16H2,1H3. The van der Waals surface area contributed by atoms with Crippen molar-refractivity contribution in [2.45, 2.75) is 25.4 Å². The molecule has 2 saturated heterocycles. The van der Waals surface area contributed by atoms with E-state index in [0.29, 0.717) is 43.7 Å². The molecule has 0 aliphatic carbocycles. The van der Waals surface area contributed by atoms with Gasteiger partial charge in [-0.2, -0.15) is 0 Å². The molecule has 2 aliphatic heterocycles. The Kier molecular flexibility index (Phi) is 5.72. The van der Waals surface area contributed by atoms with Gasteiger partial charge >= 0.3 is 0 Å². The van der Waals surface area contributed by atoms with Gasteiger partial charge in [0.05, 0.1) is 17.2 Å². The van der Waals surface area contributed by atoms with Crippen LogP contribution >= 0.6 is 0 Å². The number of piperidine rings is 2. The van der Waals surface area contributed by atoms with Gasteiger partial charge in [-0.1, -0.05) is 12.1 Å². The maximum Gasteiger partial charge on any atom is 0.255 e. The molecular weight excluding hydrogens is 380 g/mol. The number of rotatable bonds is 3. The highest BCUT2D eigenvalue weighted by Gasteiger charge is 2.43. The number of carbonyl (C=O) groups excluding carboxylic acids is 2. The summed E-state index contributed by atoms with van der Waals surface area (Å²) < 4.78 is 0. The number of para-hydroxylation sites is 1. The Labute approximate surface area is 176 Å². The molecule has 7 heteroatoms. The number of aliphatic hydroxyl groups is 1. The Morgan fingerprint density at radius 1 is 1.10 bits per heavy atom. The second-order valence-corrected chi connectivity index (χ2v) is 8.37. The quantitative estimate of drug-likeness (QED) is 0.814. The summed E-state index contributed by atoms with van der Waals surface area (Å²) in [4.78, 5) is 33.6. The van der Waals surface area contributed by atoms with Gasteiger partial charge in [-0.25, -0.2) is 0 Å². The average Bonchev–Trinajstić information content (AvgIpc) is 2.78. The first-order chi connectivity index (χ1) is 14.5. The number of pyridine rings is 1. The summed E-state index contributed by atoms with van der Waals surface area (Å²) in [5.41, 5.74) is 1.88. The minimum absolute atomic E-state index is 0.0226. The first-order valence-corrected chi connectivity index (χ1v) is 10.4. The molecule has 2 fully saturated rings. The maximum absolute atomic E-state index is 13.0. The number of β-amino-alcohol motifs (C(OH)–C–C–N with tert-alkyl or cyclic N) is 1. The van der Waals surface area contributed by atoms with E-state index in [2.05, 4.69) is 10.3 Å². The molecular formula is C23H28N4O3. The van der Waals surface area contributed by atoms with E-state index in [1.807, 2.05) is 36.2 Å². The van der Waals surface area contributed by atoms with Gasteiger partial charge in [-0.15, -0.1) is 0 Å². The van der Waals surface area contributed by atoms with Crippen molar-refractivity contribution in [3.8, 4) is 0 Å². The fourth-order valence-electron chi connectivity index (χ4n) is 4.78. The zero-order chi connectivity index (χ0) is 21.1. The van der Waals surface area contributed by atoms with E-state index in [9.17, 15) is 14.7 Å². The molecule has 2 aromatic rings. The molecule has 30 heavy (non-hydrogen) atoms. The van der Waals surface area contributed by atoms with Gasteiger partial charge in [0.15, 0.2) is 0 Å². The third-order valence-corrected chi connectivity index (χ3v) is 6.36. The summed E-state index contributed by atoms with van der Waals surface area (Å²) in [6.07, 6.45) is 4.87. The van der Waals surface area contributed by atoms with Crippen LogP contribution < -0.4 is 5.32 Å². The minimum atomic E-state index is -0.549. The SMILES string of the molecule is CNc1ccccc1C(=O)N1CCC2(CC1)CC(O)CN(C(=O)c1cccnc1)C2. The fourth-order valence-corrected chi connectivity index (χ4v) is 4.78. The van der Waals surface area contributed by atoms with Gasteiger partial charge < -0.3 is 20.2 Å². The van der Waals surface area contributed by atoms with E-state index in [4.69, 9.17) is 0 Å². The van der Waals surface area contributed by atoms with Crippen molar-refractivity contribution in [2.24, 2.45) is 5.41 Å². The predicted octanol–water partition coefficient (Wildman–Crippen LogP) is 2.25. The molecule has 1 aromatic heterocycles. The summed E-state index contributed by atoms with van der Waals surface area (Å²) >= 11 is 0. The Morgan fingerprint density at radius 3 is 2.57 bits per heavy atom. The van der Waals surface area contributed by atoms with E-state index in [1.165, 1.54) is 0 Å². The van der Waals surface area contributed by atoms with Crippen molar-refractivity contribution in [2.75, 3.05) is 38.5 Å². The lowest BCUT2D eigenvalue weighted by atomic mass is 9.71. The second kappa shape index (κ2) is 8.44. The van der Waals surface area contributed by atoms with Crippen LogP contribution in [-0.4, -0.2) is 71.0 Å². The van der Waals surface area contributed by atoms with Gasteiger partial charge in [0.25, 0.3) is 11.8 Å². The number of nitrogens with one attached hydrogen (secondary N) is 1. The van der Waals surface area contributed by atoms with Gasteiger partial charge in [-0.05, 0) is 48.9 Å². The molecule has 2 N–H and O–H groups in total. The highest BCUT2D eigenvalue weighted by Crippen LogP contribution is 2.40. The molecule has 1 aromatic carbocycles. The number of aromatic nitrogens is 1. The van der Waals surface area contributed by atoms with Crippen LogP contribution in [0.2, 0.25) is 0 Å². The lowest BCUT2D eigenvalue weighted by Crippen LogP contribution is -2.55. The van der Waals surface area contributed by atoms with E-state index in [1.54, 1.807) is 29.4 Å². The van der Waals surface area contributed by atoms with Crippen molar-refractivity contribution >= 4 is 17.5 Å². The topological polar surface area (TPSA) is 85.8 Å². The fraction of sp³-hybridized carbons (Fsp3) is 0.435. The van der Waals surface area contributed by atoms with Gasteiger partial charge in [0.2, 0.25) is 0 Å². The molecule has 7 nitrogen and oxygen atoms in total. The Morgan fingerprint density at radius 2 is 1.87 bits per heavy atom. The largest absolute Gasteiger partial charge is 0.391 e. The maximum atomic E-state index is 13.0. The smallest absolute Gasteiger partial charge is 0.255 e. The third-order valence-electron chi connectivity index (χ3n) is 6.36. The zero-order valence-electron chi connectivity index (χ0n) is 17.3. The molecule has 4 rings (SSSR count). The number of anilines is 1. The molecule has 2 amide bonds. The summed E-state index contributed by atoms with van der Waals surface area (Å²) in [7, 11) is 1.81. The number of hydrogen-bond donors (Lipinski definition) is 2. The summed E-state index contributed by atoms with van der Waals surface area (Å²) in [6, 6.07) is 11.0. The van der Waals surface area contributed by atoms with E-state index in [0.717, 1.165) is 18.5 Å². The highest BCUT2D eigenvalue weighted by molar-refractivity contribution is 5.99. The monoisotopic (exact) mass is 408 g/mol. The van der Waals surface area contributed by atoms with Crippen LogP contribution in [0, 0.1) is 5.41 Å². The second-order valence-electron chi connectivity index (χ2n) is 8.37. The predicted molar refractivity (Wildman–Crippen MR) is 114 cm³/mol. The molecule has 3 heterocycles. The van der Waals surface area contributed by atoms with Crippen LogP contribution in [0.25, 0.3) is 0 Å². The molecule has 158 valence electrons. The number of likely N-dealkylation sites (tertiary alicyclic amines) is 2. The van der Waals surface area contributed by atoms with Crippen LogP contribution in [0.4, 0.5) is 5.69 Å². The zero-order valence-corrected chi connectivity index (χ0v) is 17.3. The van der Waals surface area contributed by atoms with E-state index >= 15 is 0 Å². The van der Waals surface area contributed by atoms with Crippen molar-refractivity contribution in [1.82, 2.24) is 14.8 Å². The lowest BCUT2D eigenvalue weighted by Gasteiger charge is -2.49. The minimum Gasteiger partial charge on any atom is -0.391 e. The number of nitrogens with zero attached hydrogens (tertiary/aromatic N) is 3. The molecule has 1 spiro atoms. The van der Waals surface area contributed by atoms with Gasteiger partial charge in [-0.3, -0.25) is 14.6 Å². The van der Waals surface area contributed by atoms with Crippen molar-refractivity contribution in [1.29, 1.82) is 0 Å². The first-order valence-electron chi connectivity index (χ1n) is 10.4. The van der Waals surface area contributed by atoms with Crippen LogP contribution in [0.15, 0.2) is 48.8 Å². The van der Waals surface area contributed by atoms with Crippen molar-refractivity contribution < 1.29 is 14.7 Å². The number of benzene rings is 1. The third kappa shape index (κ3) is 4.03. The van der Waals surface area contributed by atoms with E-state index < -0.39 is 6.10 Å². The molecule has 1 unspecified atom stereocenters. The molecule has 0 radical (unpaired) electrons. The number of carbonyl (C=O) groups is 2. The molecule has 0 bridgehead atoms. The van der Waals surface area contributed by atoms with Crippen LogP contribution in [0.3, 0.4) is 0 Å². The number of amides is 2. The number of hydrogen-bond acceptors (Lipinski definition) is 5. The Balaban J connectivity index is 1.45. The summed E-state index contributed by atoms with van der Waals surface area (Å²) in [5, 5.41) is 13.6. The molecule has 1 atom stereocenters. The Bertz CT molecular complexity index is 910. The van der Waals surface area contributed by atoms with Crippen LogP contribution in [-0.2, 0) is 0 Å². The summed E-state index contributed by atoms with van der Waals surface area (Å²) in [6.45, 7) is 2.19. The lowest BCUT2D eigenvalue weighted by molar-refractivity contribution is -0.0299. The van der Waals surface area contributed by atoms with Crippen molar-refractivity contribution in [3.05, 3.63) is 59.9 Å². The summed E-state index contributed by atoms with van der Waals surface area (Å²) in [5.74, 6) is -0.0721. The van der Waals surface area contributed by atoms with Crippen LogP contribution in [0.5, 0.6) is 0 Å². The highest BCUT2D eigenvalue weighted by atomic mass is 16.3. The number of aliphatic hydroxyl groups excluding tert-OH is 1. The van der Waals surface area contributed by atoms with E-state index in [-0.39, 0.29) is 17.2 Å². The average molecular weight is 409 g/mol. The first kappa shape index (κ1) is 20.3. The normalized spacial score (nSPS) is 20.8. The van der Waals surface area contributed by atoms with Gasteiger partial charge in [0, 0.05) is 51.3 Å². The van der Waals surface area contributed by atoms with Crippen molar-refractivity contribution in [3.63, 3.8) is 0 Å². The molecule has 0 saturated carbocycles. The van der Waals surface area contributed by atoms with Gasteiger partial charge in [0.1, 0.15) is 0 Å². The molecule has 2 aliphatic rings.